The van der Waals surface area contributed by atoms with E-state index in [0.29, 0.717) is 18.7 Å². The molecule has 18 heavy (non-hydrogen) atoms. The van der Waals surface area contributed by atoms with Crippen LogP contribution < -0.4 is 0 Å². The molecule has 1 aromatic heterocycles. The molecule has 1 aromatic carbocycles. The summed E-state index contributed by atoms with van der Waals surface area (Å²) in [6, 6.07) is 11.1. The van der Waals surface area contributed by atoms with Crippen molar-refractivity contribution in [1.29, 1.82) is 5.26 Å². The molecule has 0 saturated carbocycles. The molecule has 0 saturated heterocycles. The molecule has 0 amide bonds. The third kappa shape index (κ3) is 2.38. The number of carbonyl (C=O) groups is 1. The van der Waals surface area contributed by atoms with Crippen LogP contribution >= 0.6 is 0 Å². The number of carboxylic acid groups (broad SMARTS) is 1. The topological polar surface area (TPSA) is 78.9 Å². The Bertz CT molecular complexity index is 596. The van der Waals surface area contributed by atoms with Crippen molar-refractivity contribution >= 4 is 5.97 Å². The highest BCUT2D eigenvalue weighted by Gasteiger charge is 2.16. The standard InChI is InChI=1S/C13H11N3O2/c14-7-4-8-16-9-11(13(17)18)12(15-16)10-5-2-1-3-6-10/h1-3,5-6,9H,4,8H2,(H,17,18). The van der Waals surface area contributed by atoms with Crippen LogP contribution in [-0.4, -0.2) is 20.9 Å². The highest BCUT2D eigenvalue weighted by Crippen LogP contribution is 2.21. The van der Waals surface area contributed by atoms with Gasteiger partial charge in [-0.2, -0.15) is 10.4 Å². The second-order valence-electron chi connectivity index (χ2n) is 3.73. The van der Waals surface area contributed by atoms with Crippen molar-refractivity contribution in [2.75, 3.05) is 0 Å². The number of aromatic nitrogens is 2. The Morgan fingerprint density at radius 1 is 1.39 bits per heavy atom. The largest absolute Gasteiger partial charge is 0.478 e. The Hall–Kier alpha value is -2.61. The van der Waals surface area contributed by atoms with Gasteiger partial charge < -0.3 is 5.11 Å². The van der Waals surface area contributed by atoms with E-state index in [1.807, 2.05) is 36.4 Å². The smallest absolute Gasteiger partial charge is 0.339 e. The van der Waals surface area contributed by atoms with E-state index in [1.165, 1.54) is 10.9 Å². The molecule has 0 spiro atoms. The minimum absolute atomic E-state index is 0.152. The molecule has 90 valence electrons. The van der Waals surface area contributed by atoms with Gasteiger partial charge in [-0.25, -0.2) is 4.79 Å². The van der Waals surface area contributed by atoms with Crippen LogP contribution in [0, 0.1) is 11.3 Å². The number of nitriles is 1. The molecule has 0 radical (unpaired) electrons. The number of benzene rings is 1. The second kappa shape index (κ2) is 5.15. The third-order valence-electron chi connectivity index (χ3n) is 2.49. The average Bonchev–Trinajstić information content (AvgIpc) is 2.82. The van der Waals surface area contributed by atoms with Crippen LogP contribution in [0.3, 0.4) is 0 Å². The lowest BCUT2D eigenvalue weighted by molar-refractivity contribution is 0.0697. The number of rotatable bonds is 4. The fourth-order valence-corrected chi connectivity index (χ4v) is 1.67. The highest BCUT2D eigenvalue weighted by molar-refractivity contribution is 5.94. The molecule has 0 aliphatic carbocycles. The third-order valence-corrected chi connectivity index (χ3v) is 2.49. The number of hydrogen-bond acceptors (Lipinski definition) is 3. The van der Waals surface area contributed by atoms with E-state index in [1.54, 1.807) is 0 Å². The van der Waals surface area contributed by atoms with Crippen molar-refractivity contribution in [3.8, 4) is 17.3 Å². The van der Waals surface area contributed by atoms with Crippen LogP contribution in [0.15, 0.2) is 36.5 Å². The monoisotopic (exact) mass is 241 g/mol. The Kier molecular flexibility index (Phi) is 3.39. The van der Waals surface area contributed by atoms with E-state index in [-0.39, 0.29) is 5.56 Å². The Morgan fingerprint density at radius 2 is 2.11 bits per heavy atom. The van der Waals surface area contributed by atoms with Crippen LogP contribution in [-0.2, 0) is 6.54 Å². The maximum absolute atomic E-state index is 11.2. The molecule has 1 heterocycles. The molecule has 0 bridgehead atoms. The SMILES string of the molecule is N#CCCn1cc(C(=O)O)c(-c2ccccc2)n1. The first-order chi connectivity index (χ1) is 8.72. The minimum Gasteiger partial charge on any atom is -0.478 e. The quantitative estimate of drug-likeness (QED) is 0.889. The summed E-state index contributed by atoms with van der Waals surface area (Å²) in [6.07, 6.45) is 1.76. The van der Waals surface area contributed by atoms with E-state index in [0.717, 1.165) is 5.56 Å². The highest BCUT2D eigenvalue weighted by atomic mass is 16.4. The molecule has 0 unspecified atom stereocenters. The fourth-order valence-electron chi connectivity index (χ4n) is 1.67. The molecule has 1 N–H and O–H groups in total. The van der Waals surface area contributed by atoms with Crippen molar-refractivity contribution in [2.45, 2.75) is 13.0 Å². The lowest BCUT2D eigenvalue weighted by atomic mass is 10.1. The van der Waals surface area contributed by atoms with Crippen molar-refractivity contribution in [3.05, 3.63) is 42.1 Å². The zero-order chi connectivity index (χ0) is 13.0. The summed E-state index contributed by atoms with van der Waals surface area (Å²) in [7, 11) is 0. The maximum Gasteiger partial charge on any atom is 0.339 e. The minimum atomic E-state index is -1.02. The number of carboxylic acids is 1. The summed E-state index contributed by atoms with van der Waals surface area (Å²) >= 11 is 0. The maximum atomic E-state index is 11.2. The summed E-state index contributed by atoms with van der Waals surface area (Å²) < 4.78 is 1.50. The number of nitrogens with zero attached hydrogens (tertiary/aromatic N) is 3. The van der Waals surface area contributed by atoms with Gasteiger partial charge in [-0.15, -0.1) is 0 Å². The van der Waals surface area contributed by atoms with Crippen molar-refractivity contribution in [1.82, 2.24) is 9.78 Å². The first-order valence-electron chi connectivity index (χ1n) is 5.45. The molecule has 5 heteroatoms. The molecule has 2 aromatic rings. The van der Waals surface area contributed by atoms with Crippen molar-refractivity contribution in [2.24, 2.45) is 0 Å². The van der Waals surface area contributed by atoms with E-state index in [2.05, 4.69) is 5.10 Å². The zero-order valence-corrected chi connectivity index (χ0v) is 9.58. The summed E-state index contributed by atoms with van der Waals surface area (Å²) in [5.74, 6) is -1.02. The molecule has 5 nitrogen and oxygen atoms in total. The molecule has 2 rings (SSSR count). The van der Waals surface area contributed by atoms with Crippen LogP contribution in [0.1, 0.15) is 16.8 Å². The summed E-state index contributed by atoms with van der Waals surface area (Å²) in [4.78, 5) is 11.2. The molecule has 0 aliphatic heterocycles. The molecule has 0 fully saturated rings. The van der Waals surface area contributed by atoms with Gasteiger partial charge in [-0.3, -0.25) is 4.68 Å². The Morgan fingerprint density at radius 3 is 2.72 bits per heavy atom. The van der Waals surface area contributed by atoms with Gasteiger partial charge in [0.25, 0.3) is 0 Å². The number of hydrogen-bond donors (Lipinski definition) is 1. The van der Waals surface area contributed by atoms with E-state index in [4.69, 9.17) is 10.4 Å². The van der Waals surface area contributed by atoms with Crippen molar-refractivity contribution in [3.63, 3.8) is 0 Å². The lowest BCUT2D eigenvalue weighted by Gasteiger charge is -1.97. The first kappa shape index (κ1) is 11.9. The predicted molar refractivity (Wildman–Crippen MR) is 64.9 cm³/mol. The van der Waals surface area contributed by atoms with Gasteiger partial charge in [0.05, 0.1) is 19.0 Å². The average molecular weight is 241 g/mol. The van der Waals surface area contributed by atoms with E-state index in [9.17, 15) is 4.79 Å². The fraction of sp³-hybridized carbons (Fsp3) is 0.154. The summed E-state index contributed by atoms with van der Waals surface area (Å²) in [5.41, 5.74) is 1.34. The Balaban J connectivity index is 2.43. The van der Waals surface area contributed by atoms with Gasteiger partial charge in [-0.1, -0.05) is 30.3 Å². The van der Waals surface area contributed by atoms with Crippen LogP contribution in [0.5, 0.6) is 0 Å². The van der Waals surface area contributed by atoms with Crippen molar-refractivity contribution < 1.29 is 9.90 Å². The molecular weight excluding hydrogens is 230 g/mol. The van der Waals surface area contributed by atoms with Gasteiger partial charge >= 0.3 is 5.97 Å². The summed E-state index contributed by atoms with van der Waals surface area (Å²) in [5, 5.41) is 21.9. The first-order valence-corrected chi connectivity index (χ1v) is 5.45. The zero-order valence-electron chi connectivity index (χ0n) is 9.58. The van der Waals surface area contributed by atoms with Gasteiger partial charge in [0.15, 0.2) is 0 Å². The Labute approximate surface area is 104 Å². The molecule has 0 aliphatic rings. The predicted octanol–water partition coefficient (Wildman–Crippen LogP) is 2.16. The van der Waals surface area contributed by atoms with Gasteiger partial charge in [0.2, 0.25) is 0 Å². The molecular formula is C13H11N3O2. The number of aromatic carboxylic acids is 1. The summed E-state index contributed by atoms with van der Waals surface area (Å²) in [6.45, 7) is 0.392. The van der Waals surface area contributed by atoms with E-state index >= 15 is 0 Å². The number of aryl methyl sites for hydroxylation is 1. The van der Waals surface area contributed by atoms with Crippen LogP contribution in [0.25, 0.3) is 11.3 Å². The van der Waals surface area contributed by atoms with E-state index < -0.39 is 5.97 Å². The van der Waals surface area contributed by atoms with Crippen LogP contribution in [0.2, 0.25) is 0 Å². The van der Waals surface area contributed by atoms with Crippen LogP contribution in [0.4, 0.5) is 0 Å². The van der Waals surface area contributed by atoms with Gasteiger partial charge in [0.1, 0.15) is 11.3 Å². The lowest BCUT2D eigenvalue weighted by Crippen LogP contribution is -1.97. The molecule has 0 atom stereocenters. The van der Waals surface area contributed by atoms with Gasteiger partial charge in [-0.05, 0) is 0 Å². The second-order valence-corrected chi connectivity index (χ2v) is 3.73. The normalized spacial score (nSPS) is 9.94. The van der Waals surface area contributed by atoms with Gasteiger partial charge in [0, 0.05) is 11.8 Å².